The second-order valence-corrected chi connectivity index (χ2v) is 7.18. The lowest BCUT2D eigenvalue weighted by Gasteiger charge is -2.30. The number of nitrogens with one attached hydrogen (secondary N) is 2. The van der Waals surface area contributed by atoms with Gasteiger partial charge >= 0.3 is 0 Å². The molecule has 2 aromatic rings. The summed E-state index contributed by atoms with van der Waals surface area (Å²) < 4.78 is 1.88. The molecule has 0 aliphatic carbocycles. The standard InChI is InChI=1S/C21H34N6/c1-6-22-21(23-12-13-26(17(2)3)18(4)5)24-14-19-15-25-27(16-19)20-10-8-7-9-11-20/h7-11,15-18H,6,12-14H2,1-5H3,(H2,22,23,24). The summed E-state index contributed by atoms with van der Waals surface area (Å²) in [4.78, 5) is 7.17. The van der Waals surface area contributed by atoms with E-state index in [-0.39, 0.29) is 0 Å². The van der Waals surface area contributed by atoms with Gasteiger partial charge in [0.25, 0.3) is 0 Å². The molecule has 0 unspecified atom stereocenters. The van der Waals surface area contributed by atoms with Gasteiger partial charge < -0.3 is 10.6 Å². The lowest BCUT2D eigenvalue weighted by atomic mass is 10.2. The van der Waals surface area contributed by atoms with Gasteiger partial charge in [-0.1, -0.05) is 18.2 Å². The predicted octanol–water partition coefficient (Wildman–Crippen LogP) is 3.05. The zero-order valence-electron chi connectivity index (χ0n) is 17.3. The summed E-state index contributed by atoms with van der Waals surface area (Å²) in [6.45, 7) is 14.3. The first-order valence-corrected chi connectivity index (χ1v) is 9.88. The molecule has 148 valence electrons. The Bertz CT molecular complexity index is 682. The fourth-order valence-corrected chi connectivity index (χ4v) is 3.09. The zero-order valence-corrected chi connectivity index (χ0v) is 17.3. The van der Waals surface area contributed by atoms with E-state index in [0.717, 1.165) is 36.8 Å². The molecule has 0 spiro atoms. The summed E-state index contributed by atoms with van der Waals surface area (Å²) >= 11 is 0. The molecule has 0 aliphatic heterocycles. The van der Waals surface area contributed by atoms with Crippen LogP contribution in [0.4, 0.5) is 0 Å². The molecular formula is C21H34N6. The number of benzene rings is 1. The molecule has 0 atom stereocenters. The van der Waals surface area contributed by atoms with Crippen molar-refractivity contribution in [2.75, 3.05) is 19.6 Å². The molecule has 0 aliphatic rings. The number of hydrogen-bond donors (Lipinski definition) is 2. The van der Waals surface area contributed by atoms with E-state index in [2.05, 4.69) is 55.3 Å². The van der Waals surface area contributed by atoms with Gasteiger partial charge in [0.1, 0.15) is 0 Å². The van der Waals surface area contributed by atoms with Gasteiger partial charge in [0.15, 0.2) is 5.96 Å². The third kappa shape index (κ3) is 6.71. The Morgan fingerprint density at radius 3 is 2.44 bits per heavy atom. The van der Waals surface area contributed by atoms with Crippen molar-refractivity contribution in [2.45, 2.75) is 53.2 Å². The van der Waals surface area contributed by atoms with Gasteiger partial charge in [0.05, 0.1) is 18.4 Å². The number of guanidine groups is 1. The Kier molecular flexibility index (Phi) is 8.33. The van der Waals surface area contributed by atoms with E-state index >= 15 is 0 Å². The van der Waals surface area contributed by atoms with Crippen molar-refractivity contribution in [1.82, 2.24) is 25.3 Å². The highest BCUT2D eigenvalue weighted by Crippen LogP contribution is 2.08. The Balaban J connectivity index is 1.92. The minimum Gasteiger partial charge on any atom is -0.357 e. The maximum absolute atomic E-state index is 4.70. The number of hydrogen-bond acceptors (Lipinski definition) is 3. The van der Waals surface area contributed by atoms with Crippen molar-refractivity contribution in [3.05, 3.63) is 48.3 Å². The van der Waals surface area contributed by atoms with Crippen LogP contribution in [0, 0.1) is 0 Å². The van der Waals surface area contributed by atoms with Gasteiger partial charge in [-0.05, 0) is 46.8 Å². The normalized spacial score (nSPS) is 12.2. The van der Waals surface area contributed by atoms with Gasteiger partial charge in [-0.15, -0.1) is 0 Å². The van der Waals surface area contributed by atoms with Crippen LogP contribution in [0.5, 0.6) is 0 Å². The molecule has 27 heavy (non-hydrogen) atoms. The molecule has 2 N–H and O–H groups in total. The molecule has 0 fully saturated rings. The van der Waals surface area contributed by atoms with Gasteiger partial charge in [-0.2, -0.15) is 5.10 Å². The van der Waals surface area contributed by atoms with E-state index in [0.29, 0.717) is 18.6 Å². The first-order valence-electron chi connectivity index (χ1n) is 9.88. The van der Waals surface area contributed by atoms with Crippen LogP contribution in [-0.4, -0.2) is 52.4 Å². The summed E-state index contributed by atoms with van der Waals surface area (Å²) in [5.41, 5.74) is 2.14. The molecular weight excluding hydrogens is 336 g/mol. The van der Waals surface area contributed by atoms with Gasteiger partial charge in [-0.25, -0.2) is 9.67 Å². The zero-order chi connectivity index (χ0) is 19.6. The van der Waals surface area contributed by atoms with Crippen LogP contribution in [0.3, 0.4) is 0 Å². The Labute approximate surface area is 163 Å². The fraction of sp³-hybridized carbons (Fsp3) is 0.524. The number of aliphatic imine (C=N–C) groups is 1. The third-order valence-electron chi connectivity index (χ3n) is 4.41. The number of aromatic nitrogens is 2. The van der Waals surface area contributed by atoms with Gasteiger partial charge in [0, 0.05) is 43.5 Å². The monoisotopic (exact) mass is 370 g/mol. The molecule has 0 bridgehead atoms. The van der Waals surface area contributed by atoms with E-state index in [4.69, 9.17) is 4.99 Å². The van der Waals surface area contributed by atoms with Gasteiger partial charge in [0.2, 0.25) is 0 Å². The van der Waals surface area contributed by atoms with Crippen molar-refractivity contribution >= 4 is 5.96 Å². The highest BCUT2D eigenvalue weighted by atomic mass is 15.3. The lowest BCUT2D eigenvalue weighted by Crippen LogP contribution is -2.45. The molecule has 0 saturated carbocycles. The van der Waals surface area contributed by atoms with Gasteiger partial charge in [-0.3, -0.25) is 4.90 Å². The first kappa shape index (κ1) is 21.0. The van der Waals surface area contributed by atoms with Crippen LogP contribution >= 0.6 is 0 Å². The van der Waals surface area contributed by atoms with Crippen molar-refractivity contribution in [1.29, 1.82) is 0 Å². The summed E-state index contributed by atoms with van der Waals surface area (Å²) in [7, 11) is 0. The minimum atomic E-state index is 0.537. The minimum absolute atomic E-state index is 0.537. The van der Waals surface area contributed by atoms with Crippen LogP contribution in [0.15, 0.2) is 47.7 Å². The van der Waals surface area contributed by atoms with Crippen LogP contribution in [0.2, 0.25) is 0 Å². The van der Waals surface area contributed by atoms with Crippen LogP contribution in [0.25, 0.3) is 5.69 Å². The number of para-hydroxylation sites is 1. The van der Waals surface area contributed by atoms with Crippen molar-refractivity contribution in [2.24, 2.45) is 4.99 Å². The molecule has 1 aromatic carbocycles. The van der Waals surface area contributed by atoms with Crippen molar-refractivity contribution in [3.63, 3.8) is 0 Å². The predicted molar refractivity (Wildman–Crippen MR) is 113 cm³/mol. The van der Waals surface area contributed by atoms with E-state index in [1.165, 1.54) is 0 Å². The fourth-order valence-electron chi connectivity index (χ4n) is 3.09. The van der Waals surface area contributed by atoms with E-state index in [9.17, 15) is 0 Å². The average Bonchev–Trinajstić information content (AvgIpc) is 3.12. The van der Waals surface area contributed by atoms with Crippen molar-refractivity contribution < 1.29 is 0 Å². The van der Waals surface area contributed by atoms with Crippen molar-refractivity contribution in [3.8, 4) is 5.69 Å². The molecule has 0 amide bonds. The largest absolute Gasteiger partial charge is 0.357 e. The molecule has 1 heterocycles. The average molecular weight is 371 g/mol. The van der Waals surface area contributed by atoms with E-state index in [1.807, 2.05) is 47.4 Å². The van der Waals surface area contributed by atoms with E-state index < -0.39 is 0 Å². The maximum atomic E-state index is 4.70. The SMILES string of the molecule is CCNC(=NCc1cnn(-c2ccccc2)c1)NCCN(C(C)C)C(C)C. The molecule has 6 heteroatoms. The summed E-state index contributed by atoms with van der Waals surface area (Å²) in [6.07, 6.45) is 3.90. The summed E-state index contributed by atoms with van der Waals surface area (Å²) in [6, 6.07) is 11.2. The Hall–Kier alpha value is -2.34. The Morgan fingerprint density at radius 2 is 1.81 bits per heavy atom. The molecule has 0 radical (unpaired) electrons. The molecule has 1 aromatic heterocycles. The molecule has 2 rings (SSSR count). The smallest absolute Gasteiger partial charge is 0.191 e. The topological polar surface area (TPSA) is 57.5 Å². The lowest BCUT2D eigenvalue weighted by molar-refractivity contribution is 0.178. The summed E-state index contributed by atoms with van der Waals surface area (Å²) in [5.74, 6) is 0.845. The summed E-state index contributed by atoms with van der Waals surface area (Å²) in [5, 5.41) is 11.2. The van der Waals surface area contributed by atoms with E-state index in [1.54, 1.807) is 0 Å². The highest BCUT2D eigenvalue weighted by molar-refractivity contribution is 5.79. The van der Waals surface area contributed by atoms with Crippen LogP contribution in [0.1, 0.15) is 40.2 Å². The molecule has 6 nitrogen and oxygen atoms in total. The van der Waals surface area contributed by atoms with Crippen LogP contribution in [-0.2, 0) is 6.54 Å². The first-order chi connectivity index (χ1) is 13.0. The second kappa shape index (κ2) is 10.7. The van der Waals surface area contributed by atoms with Crippen LogP contribution < -0.4 is 10.6 Å². The quantitative estimate of drug-likeness (QED) is 0.526. The number of nitrogens with zero attached hydrogens (tertiary/aromatic N) is 4. The third-order valence-corrected chi connectivity index (χ3v) is 4.41. The second-order valence-electron chi connectivity index (χ2n) is 7.18. The maximum Gasteiger partial charge on any atom is 0.191 e. The Morgan fingerprint density at radius 1 is 1.11 bits per heavy atom. The molecule has 0 saturated heterocycles. The highest BCUT2D eigenvalue weighted by Gasteiger charge is 2.12. The number of rotatable bonds is 9.